The van der Waals surface area contributed by atoms with Gasteiger partial charge < -0.3 is 0 Å². The third-order valence-corrected chi connectivity index (χ3v) is 21.4. The molecule has 0 amide bonds. The van der Waals surface area contributed by atoms with Crippen LogP contribution >= 0.6 is 143 Å². The van der Waals surface area contributed by atoms with Gasteiger partial charge in [-0.15, -0.1) is 0 Å². The zero-order valence-corrected chi connectivity index (χ0v) is 27.0. The molecule has 0 N–H and O–H groups in total. The van der Waals surface area contributed by atoms with E-state index in [1.807, 2.05) is 36.4 Å². The number of hydrogen-bond donors (Lipinski definition) is 0. The molecule has 0 saturated heterocycles. The van der Waals surface area contributed by atoms with Crippen LogP contribution in [0.4, 0.5) is 0 Å². The molecule has 0 aliphatic carbocycles. The molecule has 0 aliphatic heterocycles. The standard InChI is InChI=1S/C17H11Br9/c18-13(19)15(21,22)17(25,26)16(23,24)14(20,11-7-3-1-4-8-11)12-9-5-2-6-10-12/h1-10,13H. The van der Waals surface area contributed by atoms with Crippen LogP contribution in [0.5, 0.6) is 0 Å². The van der Waals surface area contributed by atoms with Crippen LogP contribution in [0.15, 0.2) is 60.7 Å². The van der Waals surface area contributed by atoms with E-state index in [4.69, 9.17) is 0 Å². The highest BCUT2D eigenvalue weighted by molar-refractivity contribution is 9.34. The molecule has 0 nitrogen and oxygen atoms in total. The van der Waals surface area contributed by atoms with Gasteiger partial charge >= 0.3 is 0 Å². The monoisotopic (exact) mass is 925 g/mol. The molecule has 0 fully saturated rings. The van der Waals surface area contributed by atoms with Crippen LogP contribution in [0.2, 0.25) is 0 Å². The van der Waals surface area contributed by atoms with E-state index in [1.165, 1.54) is 0 Å². The van der Waals surface area contributed by atoms with Crippen LogP contribution in [0, 0.1) is 0 Å². The Morgan fingerprint density at radius 3 is 1.19 bits per heavy atom. The second-order valence-corrected chi connectivity index (χ2v) is 20.2. The van der Waals surface area contributed by atoms with Gasteiger partial charge in [0.15, 0.2) is 0 Å². The SMILES string of the molecule is BrC(Br)C(Br)(Br)C(Br)(Br)C(Br)(Br)C(Br)(c1ccccc1)c1ccccc1. The molecular weight excluding hydrogens is 923 g/mol. The molecule has 9 heteroatoms. The van der Waals surface area contributed by atoms with Crippen molar-refractivity contribution >= 4 is 143 Å². The fourth-order valence-corrected chi connectivity index (χ4v) is 9.95. The lowest BCUT2D eigenvalue weighted by molar-refractivity contribution is 0.611. The van der Waals surface area contributed by atoms with Gasteiger partial charge in [0.05, 0.1) is 3.74 Å². The Morgan fingerprint density at radius 1 is 0.538 bits per heavy atom. The van der Waals surface area contributed by atoms with Crippen LogP contribution in [-0.2, 0) is 4.32 Å². The summed E-state index contributed by atoms with van der Waals surface area (Å²) in [6, 6.07) is 20.5. The fraction of sp³-hybridized carbons (Fsp3) is 0.294. The Kier molecular flexibility index (Phi) is 9.14. The lowest BCUT2D eigenvalue weighted by Gasteiger charge is -2.52. The van der Waals surface area contributed by atoms with Crippen LogP contribution < -0.4 is 0 Å². The third-order valence-electron chi connectivity index (χ3n) is 3.86. The van der Waals surface area contributed by atoms with Gasteiger partial charge in [-0.25, -0.2) is 0 Å². The highest BCUT2D eigenvalue weighted by Crippen LogP contribution is 2.70. The molecule has 2 rings (SSSR count). The van der Waals surface area contributed by atoms with Crippen LogP contribution in [0.1, 0.15) is 11.1 Å². The normalized spacial score (nSPS) is 13.9. The summed E-state index contributed by atoms with van der Waals surface area (Å²) < 4.78 is -2.89. The van der Waals surface area contributed by atoms with Gasteiger partial charge in [0, 0.05) is 0 Å². The van der Waals surface area contributed by atoms with Gasteiger partial charge in [0.2, 0.25) is 0 Å². The summed E-state index contributed by atoms with van der Waals surface area (Å²) in [5.74, 6) is 0. The van der Waals surface area contributed by atoms with Crippen molar-refractivity contribution in [2.45, 2.75) is 17.8 Å². The molecule has 26 heavy (non-hydrogen) atoms. The lowest BCUT2D eigenvalue weighted by atomic mass is 9.86. The van der Waals surface area contributed by atoms with E-state index in [9.17, 15) is 0 Å². The van der Waals surface area contributed by atoms with Crippen molar-refractivity contribution in [2.75, 3.05) is 0 Å². The van der Waals surface area contributed by atoms with E-state index in [0.29, 0.717) is 0 Å². The Hall–Kier alpha value is 2.76. The van der Waals surface area contributed by atoms with E-state index in [1.54, 1.807) is 0 Å². The number of rotatable bonds is 6. The third kappa shape index (κ3) is 4.37. The maximum absolute atomic E-state index is 4.07. The van der Waals surface area contributed by atoms with Crippen molar-refractivity contribution in [2.24, 2.45) is 0 Å². The molecule has 0 spiro atoms. The smallest absolute Gasteiger partial charge is 0.0739 e. The molecule has 0 heterocycles. The minimum atomic E-state index is -0.754. The average molecular weight is 934 g/mol. The van der Waals surface area contributed by atoms with E-state index >= 15 is 0 Å². The van der Waals surface area contributed by atoms with Gasteiger partial charge in [-0.05, 0) is 11.1 Å². The molecule has 2 aromatic rings. The Bertz CT molecular complexity index is 687. The molecule has 0 aromatic heterocycles. The summed E-state index contributed by atoms with van der Waals surface area (Å²) in [6.07, 6.45) is 0. The lowest BCUT2D eigenvalue weighted by Crippen LogP contribution is -2.58. The largest absolute Gasteiger partial charge is 0.134 e. The van der Waals surface area contributed by atoms with E-state index < -0.39 is 14.0 Å². The van der Waals surface area contributed by atoms with Crippen molar-refractivity contribution in [1.29, 1.82) is 0 Å². The number of benzene rings is 2. The van der Waals surface area contributed by atoms with Gasteiger partial charge in [-0.2, -0.15) is 0 Å². The highest BCUT2D eigenvalue weighted by atomic mass is 79.9. The number of alkyl halides is 9. The summed E-state index contributed by atoms with van der Waals surface area (Å²) in [4.78, 5) is 0. The minimum Gasteiger partial charge on any atom is -0.0739 e. The van der Waals surface area contributed by atoms with Gasteiger partial charge in [0.1, 0.15) is 14.0 Å². The topological polar surface area (TPSA) is 0 Å². The molecule has 0 radical (unpaired) electrons. The summed E-state index contributed by atoms with van der Waals surface area (Å²) in [7, 11) is 0. The van der Waals surface area contributed by atoms with Crippen molar-refractivity contribution < 1.29 is 0 Å². The number of hydrogen-bond acceptors (Lipinski definition) is 0. The first-order valence-corrected chi connectivity index (χ1v) is 14.5. The zero-order valence-electron chi connectivity index (χ0n) is 12.8. The van der Waals surface area contributed by atoms with Crippen molar-refractivity contribution in [1.82, 2.24) is 0 Å². The van der Waals surface area contributed by atoms with Crippen molar-refractivity contribution in [3.05, 3.63) is 71.8 Å². The number of halogens is 9. The zero-order chi connectivity index (χ0) is 19.8. The Balaban J connectivity index is 2.77. The van der Waals surface area contributed by atoms with Crippen molar-refractivity contribution in [3.63, 3.8) is 0 Å². The molecule has 2 aromatic carbocycles. The predicted octanol–water partition coefficient (Wildman–Crippen LogP) is 9.90. The highest BCUT2D eigenvalue weighted by Gasteiger charge is 2.67. The second-order valence-electron chi connectivity index (χ2n) is 5.46. The molecule has 142 valence electrons. The summed E-state index contributed by atoms with van der Waals surface area (Å²) in [5, 5.41) is 0. The molecule has 0 saturated carbocycles. The predicted molar refractivity (Wildman–Crippen MR) is 146 cm³/mol. The van der Waals surface area contributed by atoms with Crippen LogP contribution in [-0.4, -0.2) is 13.4 Å². The maximum atomic E-state index is 4.07. The molecule has 0 bridgehead atoms. The molecule has 0 aliphatic rings. The maximum Gasteiger partial charge on any atom is 0.134 e. The molecule has 0 unspecified atom stereocenters. The van der Waals surface area contributed by atoms with Gasteiger partial charge in [-0.1, -0.05) is 204 Å². The van der Waals surface area contributed by atoms with Crippen LogP contribution in [0.3, 0.4) is 0 Å². The first-order valence-electron chi connectivity index (χ1n) is 7.12. The summed E-state index contributed by atoms with van der Waals surface area (Å²) in [5.41, 5.74) is 2.17. The Labute approximate surface area is 229 Å². The van der Waals surface area contributed by atoms with E-state index in [0.717, 1.165) is 11.1 Å². The summed E-state index contributed by atoms with van der Waals surface area (Å²) in [6.45, 7) is 0. The molecule has 0 atom stereocenters. The van der Waals surface area contributed by atoms with Crippen molar-refractivity contribution in [3.8, 4) is 0 Å². The average Bonchev–Trinajstić information content (AvgIpc) is 2.61. The van der Waals surface area contributed by atoms with Gasteiger partial charge in [-0.3, -0.25) is 0 Å². The quantitative estimate of drug-likeness (QED) is 0.253. The first kappa shape index (κ1) is 25.0. The minimum absolute atomic E-state index is 0.112. The summed E-state index contributed by atoms with van der Waals surface area (Å²) >= 11 is 34.6. The molecular formula is C17H11Br9. The first-order chi connectivity index (χ1) is 11.9. The van der Waals surface area contributed by atoms with Crippen LogP contribution in [0.25, 0.3) is 0 Å². The van der Waals surface area contributed by atoms with E-state index in [-0.39, 0.29) is 3.74 Å². The second kappa shape index (κ2) is 9.49. The van der Waals surface area contributed by atoms with E-state index in [2.05, 4.69) is 168 Å². The fourth-order valence-electron chi connectivity index (χ4n) is 2.43. The Morgan fingerprint density at radius 2 is 0.885 bits per heavy atom. The van der Waals surface area contributed by atoms with Gasteiger partial charge in [0.25, 0.3) is 0 Å².